The zero-order valence-electron chi connectivity index (χ0n) is 17.5. The summed E-state index contributed by atoms with van der Waals surface area (Å²) in [4.78, 5) is 6.50. The van der Waals surface area contributed by atoms with Gasteiger partial charge in [-0.05, 0) is 67.1 Å². The Morgan fingerprint density at radius 2 is 1.96 bits per heavy atom. The second kappa shape index (κ2) is 7.27. The first-order chi connectivity index (χ1) is 13.3. The monoisotopic (exact) mass is 398 g/mol. The van der Waals surface area contributed by atoms with Crippen molar-refractivity contribution in [3.05, 3.63) is 59.2 Å². The van der Waals surface area contributed by atoms with Crippen LogP contribution in [0.4, 0.5) is 10.1 Å². The fraction of sp³-hybridized carbons (Fsp3) is 0.522. The van der Waals surface area contributed by atoms with Gasteiger partial charge in [0, 0.05) is 30.5 Å². The zero-order chi connectivity index (χ0) is 19.9. The molecule has 0 radical (unpaired) electrons. The third-order valence-electron chi connectivity index (χ3n) is 6.92. The van der Waals surface area contributed by atoms with Crippen LogP contribution in [0, 0.1) is 12.7 Å². The van der Waals surface area contributed by atoms with Crippen molar-refractivity contribution in [2.24, 2.45) is 0 Å². The van der Waals surface area contributed by atoms with E-state index in [4.69, 9.17) is 4.43 Å². The van der Waals surface area contributed by atoms with Crippen LogP contribution in [0.3, 0.4) is 0 Å². The summed E-state index contributed by atoms with van der Waals surface area (Å²) in [6, 6.07) is 11.2. The molecule has 1 aromatic carbocycles. The lowest BCUT2D eigenvalue weighted by molar-refractivity contribution is 0.297. The SMILES string of the molecule is Cc1cc(C2CCN(c3cccc(CO[Si]4(C)CC4(C)C)c3F)CC2)ccn1. The predicted octanol–water partition coefficient (Wildman–Crippen LogP) is 5.80. The van der Waals surface area contributed by atoms with Crippen LogP contribution >= 0.6 is 0 Å². The molecule has 0 bridgehead atoms. The first-order valence-electron chi connectivity index (χ1n) is 10.4. The van der Waals surface area contributed by atoms with Gasteiger partial charge in [-0.2, -0.15) is 0 Å². The van der Waals surface area contributed by atoms with Gasteiger partial charge in [0.15, 0.2) is 14.1 Å². The molecule has 2 saturated heterocycles. The number of hydrogen-bond acceptors (Lipinski definition) is 3. The van der Waals surface area contributed by atoms with E-state index in [0.29, 0.717) is 23.1 Å². The van der Waals surface area contributed by atoms with E-state index in [1.165, 1.54) is 11.6 Å². The van der Waals surface area contributed by atoms with E-state index in [1.807, 2.05) is 31.3 Å². The zero-order valence-corrected chi connectivity index (χ0v) is 18.5. The summed E-state index contributed by atoms with van der Waals surface area (Å²) < 4.78 is 21.4. The molecule has 5 heteroatoms. The minimum atomic E-state index is -1.63. The van der Waals surface area contributed by atoms with Gasteiger partial charge in [-0.3, -0.25) is 4.98 Å². The van der Waals surface area contributed by atoms with Crippen molar-refractivity contribution in [2.75, 3.05) is 18.0 Å². The predicted molar refractivity (Wildman–Crippen MR) is 115 cm³/mol. The van der Waals surface area contributed by atoms with Crippen molar-refractivity contribution in [1.82, 2.24) is 4.98 Å². The summed E-state index contributed by atoms with van der Waals surface area (Å²) in [5, 5.41) is 0.328. The van der Waals surface area contributed by atoms with Crippen LogP contribution in [0.15, 0.2) is 36.5 Å². The molecule has 0 N–H and O–H groups in total. The average Bonchev–Trinajstić information content (AvgIpc) is 3.19. The standard InChI is InChI=1S/C23H31FN2OSi/c1-17-14-19(8-11-25-17)18-9-12-26(13-10-18)21-7-5-6-20(22(21)24)15-27-28(4)16-23(28,2)3/h5-8,11,14,18H,9-10,12-13,15-16H2,1-4H3. The number of pyridine rings is 1. The highest BCUT2D eigenvalue weighted by Crippen LogP contribution is 2.62. The second-order valence-electron chi connectivity index (χ2n) is 9.32. The summed E-state index contributed by atoms with van der Waals surface area (Å²) >= 11 is 0. The van der Waals surface area contributed by atoms with Gasteiger partial charge in [0.05, 0.1) is 12.3 Å². The first kappa shape index (κ1) is 19.6. The van der Waals surface area contributed by atoms with Gasteiger partial charge in [-0.15, -0.1) is 0 Å². The minimum Gasteiger partial charge on any atom is -0.412 e. The smallest absolute Gasteiger partial charge is 0.195 e. The van der Waals surface area contributed by atoms with E-state index in [9.17, 15) is 0 Å². The molecule has 3 nitrogen and oxygen atoms in total. The Bertz CT molecular complexity index is 863. The lowest BCUT2D eigenvalue weighted by atomic mass is 9.89. The minimum absolute atomic E-state index is 0.100. The molecule has 2 aliphatic rings. The number of aromatic nitrogens is 1. The summed E-state index contributed by atoms with van der Waals surface area (Å²) in [7, 11) is -1.63. The van der Waals surface area contributed by atoms with Crippen molar-refractivity contribution in [3.63, 3.8) is 0 Å². The second-order valence-corrected chi connectivity index (χ2v) is 13.8. The molecule has 1 aromatic heterocycles. The Kier molecular flexibility index (Phi) is 5.08. The Morgan fingerprint density at radius 3 is 2.61 bits per heavy atom. The molecular formula is C23H31FN2OSi. The molecular weight excluding hydrogens is 367 g/mol. The molecule has 4 rings (SSSR count). The number of aryl methyl sites for hydroxylation is 1. The molecule has 2 aromatic rings. The third kappa shape index (κ3) is 3.74. The van der Waals surface area contributed by atoms with Crippen LogP contribution in [0.1, 0.15) is 49.4 Å². The molecule has 2 fully saturated rings. The number of halogens is 1. The largest absolute Gasteiger partial charge is 0.412 e. The van der Waals surface area contributed by atoms with Gasteiger partial charge < -0.3 is 9.33 Å². The molecule has 0 spiro atoms. The number of rotatable bonds is 5. The van der Waals surface area contributed by atoms with Gasteiger partial charge in [-0.1, -0.05) is 26.0 Å². The first-order valence-corrected chi connectivity index (χ1v) is 13.0. The van der Waals surface area contributed by atoms with E-state index >= 15 is 4.39 Å². The molecule has 2 aliphatic heterocycles. The van der Waals surface area contributed by atoms with E-state index in [0.717, 1.165) is 37.3 Å². The Balaban J connectivity index is 1.41. The topological polar surface area (TPSA) is 25.4 Å². The maximum atomic E-state index is 15.2. The van der Waals surface area contributed by atoms with Crippen LogP contribution in [-0.2, 0) is 11.0 Å². The molecule has 28 heavy (non-hydrogen) atoms. The average molecular weight is 399 g/mol. The van der Waals surface area contributed by atoms with Gasteiger partial charge in [-0.25, -0.2) is 4.39 Å². The van der Waals surface area contributed by atoms with E-state index in [1.54, 1.807) is 0 Å². The molecule has 1 atom stereocenters. The number of benzene rings is 1. The number of hydrogen-bond donors (Lipinski definition) is 0. The number of anilines is 1. The van der Waals surface area contributed by atoms with Crippen LogP contribution in [0.25, 0.3) is 0 Å². The summed E-state index contributed by atoms with van der Waals surface area (Å²) in [5.41, 5.74) is 3.85. The fourth-order valence-electron chi connectivity index (χ4n) is 4.48. The van der Waals surface area contributed by atoms with Crippen molar-refractivity contribution < 1.29 is 8.82 Å². The van der Waals surface area contributed by atoms with Gasteiger partial charge in [0.2, 0.25) is 0 Å². The number of piperidine rings is 1. The van der Waals surface area contributed by atoms with Crippen LogP contribution < -0.4 is 4.90 Å². The third-order valence-corrected chi connectivity index (χ3v) is 11.9. The molecule has 150 valence electrons. The highest BCUT2D eigenvalue weighted by Gasteiger charge is 2.62. The van der Waals surface area contributed by atoms with Crippen molar-refractivity contribution in [3.8, 4) is 0 Å². The summed E-state index contributed by atoms with van der Waals surface area (Å²) in [5.74, 6) is 0.437. The molecule has 1 unspecified atom stereocenters. The Labute approximate surface area is 169 Å². The summed E-state index contributed by atoms with van der Waals surface area (Å²) in [6.45, 7) is 11.0. The van der Waals surface area contributed by atoms with E-state index in [-0.39, 0.29) is 5.82 Å². The Morgan fingerprint density at radius 1 is 1.25 bits per heavy atom. The molecule has 0 amide bonds. The van der Waals surface area contributed by atoms with Crippen LogP contribution in [0.5, 0.6) is 0 Å². The maximum absolute atomic E-state index is 15.2. The van der Waals surface area contributed by atoms with Gasteiger partial charge >= 0.3 is 0 Å². The highest BCUT2D eigenvalue weighted by atomic mass is 28.4. The maximum Gasteiger partial charge on any atom is 0.195 e. The normalized spacial score (nSPS) is 24.4. The molecule has 3 heterocycles. The lowest BCUT2D eigenvalue weighted by Gasteiger charge is -2.34. The van der Waals surface area contributed by atoms with Crippen molar-refractivity contribution in [2.45, 2.75) is 63.8 Å². The van der Waals surface area contributed by atoms with Crippen molar-refractivity contribution >= 4 is 14.0 Å². The molecule has 0 aliphatic carbocycles. The highest BCUT2D eigenvalue weighted by molar-refractivity contribution is 6.86. The summed E-state index contributed by atoms with van der Waals surface area (Å²) in [6.07, 6.45) is 3.98. The van der Waals surface area contributed by atoms with Crippen LogP contribution in [0.2, 0.25) is 17.6 Å². The van der Waals surface area contributed by atoms with Crippen LogP contribution in [-0.4, -0.2) is 26.4 Å². The van der Waals surface area contributed by atoms with Crippen molar-refractivity contribution in [1.29, 1.82) is 0 Å². The lowest BCUT2D eigenvalue weighted by Crippen LogP contribution is -2.33. The van der Waals surface area contributed by atoms with E-state index < -0.39 is 8.32 Å². The Hall–Kier alpha value is -1.72. The van der Waals surface area contributed by atoms with Gasteiger partial charge in [0.1, 0.15) is 0 Å². The van der Waals surface area contributed by atoms with Gasteiger partial charge in [0.25, 0.3) is 0 Å². The molecule has 0 saturated carbocycles. The fourth-order valence-corrected chi connectivity index (χ4v) is 7.79. The quantitative estimate of drug-likeness (QED) is 0.595. The number of nitrogens with zero attached hydrogens (tertiary/aromatic N) is 2. The van der Waals surface area contributed by atoms with E-state index in [2.05, 4.69) is 42.4 Å².